The highest BCUT2D eigenvalue weighted by Crippen LogP contribution is 2.31. The van der Waals surface area contributed by atoms with Gasteiger partial charge in [-0.25, -0.2) is 14.3 Å². The first kappa shape index (κ1) is 23.4. The van der Waals surface area contributed by atoms with Gasteiger partial charge in [-0.2, -0.15) is 17.6 Å². The third-order valence-corrected chi connectivity index (χ3v) is 5.26. The van der Waals surface area contributed by atoms with E-state index in [1.807, 2.05) is 0 Å². The third kappa shape index (κ3) is 5.43. The van der Waals surface area contributed by atoms with Crippen LogP contribution in [0.25, 0.3) is 16.8 Å². The predicted molar refractivity (Wildman–Crippen MR) is 121 cm³/mol. The molecule has 0 unspecified atom stereocenters. The molecule has 0 aliphatic carbocycles. The van der Waals surface area contributed by atoms with Crippen molar-refractivity contribution >= 4 is 23.5 Å². The van der Waals surface area contributed by atoms with E-state index in [1.165, 1.54) is 16.5 Å². The van der Waals surface area contributed by atoms with Crippen LogP contribution in [-0.4, -0.2) is 15.6 Å². The van der Waals surface area contributed by atoms with Crippen molar-refractivity contribution in [3.8, 4) is 11.1 Å². The van der Waals surface area contributed by atoms with Crippen molar-refractivity contribution in [1.29, 1.82) is 0 Å². The number of aryl methyl sites for hydroxylation is 1. The van der Waals surface area contributed by atoms with Crippen molar-refractivity contribution in [3.63, 3.8) is 0 Å². The van der Waals surface area contributed by atoms with Crippen LogP contribution in [0.15, 0.2) is 83.1 Å². The van der Waals surface area contributed by atoms with Crippen molar-refractivity contribution in [2.45, 2.75) is 25.7 Å². The summed E-state index contributed by atoms with van der Waals surface area (Å²) in [5, 5.41) is 4.32. The largest absolute Gasteiger partial charge is 0.416 e. The zero-order valence-corrected chi connectivity index (χ0v) is 18.5. The van der Waals surface area contributed by atoms with Crippen molar-refractivity contribution < 1.29 is 22.6 Å². The molecular weight excluding hydrogens is 469 g/mol. The maximum Gasteiger partial charge on any atom is 0.416 e. The van der Waals surface area contributed by atoms with E-state index in [2.05, 4.69) is 10.1 Å². The van der Waals surface area contributed by atoms with E-state index >= 15 is 0 Å². The Kier molecular flexibility index (Phi) is 6.93. The lowest BCUT2D eigenvalue weighted by atomic mass is 10.1. The molecule has 0 aliphatic heterocycles. The van der Waals surface area contributed by atoms with Crippen LogP contribution in [0.3, 0.4) is 0 Å². The van der Waals surface area contributed by atoms with Gasteiger partial charge in [-0.15, -0.1) is 0 Å². The van der Waals surface area contributed by atoms with E-state index < -0.39 is 17.3 Å². The number of fused-ring (bicyclic) bond motifs is 1. The SMILES string of the molecule is O=c1c(-c2cccc(C(F)(F)F)c2)c[n+](CCC=NOCc2ccc(Cl)nc2)c2ccccn12. The molecule has 0 atom stereocenters. The molecule has 3 aromatic heterocycles. The lowest BCUT2D eigenvalue weighted by Crippen LogP contribution is -2.40. The van der Waals surface area contributed by atoms with Crippen LogP contribution in [0.4, 0.5) is 13.2 Å². The number of nitrogens with zero attached hydrogens (tertiary/aromatic N) is 4. The second kappa shape index (κ2) is 10.0. The molecule has 0 fully saturated rings. The van der Waals surface area contributed by atoms with E-state index in [1.54, 1.807) is 59.7 Å². The predicted octanol–water partition coefficient (Wildman–Crippen LogP) is 4.91. The quantitative estimate of drug-likeness (QED) is 0.161. The van der Waals surface area contributed by atoms with Gasteiger partial charge in [-0.1, -0.05) is 41.0 Å². The minimum absolute atomic E-state index is 0.165. The number of pyridine rings is 2. The summed E-state index contributed by atoms with van der Waals surface area (Å²) in [6.45, 7) is 0.659. The number of hydrogen-bond donors (Lipinski definition) is 0. The van der Waals surface area contributed by atoms with Crippen LogP contribution in [0.1, 0.15) is 17.5 Å². The molecule has 174 valence electrons. The molecule has 1 aromatic carbocycles. The lowest BCUT2D eigenvalue weighted by Gasteiger charge is -2.09. The number of benzene rings is 1. The molecule has 0 saturated carbocycles. The molecule has 0 N–H and O–H groups in total. The van der Waals surface area contributed by atoms with Gasteiger partial charge >= 0.3 is 11.7 Å². The van der Waals surface area contributed by atoms with Gasteiger partial charge in [0.05, 0.1) is 18.3 Å². The summed E-state index contributed by atoms with van der Waals surface area (Å²) < 4.78 is 42.8. The minimum Gasteiger partial charge on any atom is -0.391 e. The Morgan fingerprint density at radius 1 is 1.15 bits per heavy atom. The monoisotopic (exact) mass is 487 g/mol. The van der Waals surface area contributed by atoms with E-state index in [9.17, 15) is 18.0 Å². The number of aromatic nitrogens is 3. The topological polar surface area (TPSA) is 59.8 Å². The molecule has 4 rings (SSSR count). The zero-order chi connectivity index (χ0) is 24.1. The second-order valence-corrected chi connectivity index (χ2v) is 7.78. The Balaban J connectivity index is 1.55. The fourth-order valence-corrected chi connectivity index (χ4v) is 3.50. The molecule has 0 bridgehead atoms. The van der Waals surface area contributed by atoms with Crippen molar-refractivity contribution in [1.82, 2.24) is 9.38 Å². The molecule has 0 spiro atoms. The normalized spacial score (nSPS) is 11.9. The maximum atomic E-state index is 13.2. The third-order valence-electron chi connectivity index (χ3n) is 5.04. The first-order chi connectivity index (χ1) is 16.3. The summed E-state index contributed by atoms with van der Waals surface area (Å²) in [7, 11) is 0. The average molecular weight is 488 g/mol. The van der Waals surface area contributed by atoms with E-state index in [-0.39, 0.29) is 17.7 Å². The highest BCUT2D eigenvalue weighted by Gasteiger charge is 2.31. The van der Waals surface area contributed by atoms with Crippen LogP contribution in [0.2, 0.25) is 5.15 Å². The molecule has 0 radical (unpaired) electrons. The number of rotatable bonds is 7. The summed E-state index contributed by atoms with van der Waals surface area (Å²) in [5.74, 6) is 0. The Morgan fingerprint density at radius 2 is 2.00 bits per heavy atom. The fraction of sp³-hybridized carbons (Fsp3) is 0.167. The molecule has 6 nitrogen and oxygen atoms in total. The van der Waals surface area contributed by atoms with Gasteiger partial charge in [0.1, 0.15) is 23.5 Å². The summed E-state index contributed by atoms with van der Waals surface area (Å²) >= 11 is 5.75. The highest BCUT2D eigenvalue weighted by molar-refractivity contribution is 6.29. The van der Waals surface area contributed by atoms with Crippen molar-refractivity contribution in [3.05, 3.63) is 99.8 Å². The fourth-order valence-electron chi connectivity index (χ4n) is 3.39. The smallest absolute Gasteiger partial charge is 0.391 e. The first-order valence-electron chi connectivity index (χ1n) is 10.3. The number of alkyl halides is 3. The number of halogens is 4. The second-order valence-electron chi connectivity index (χ2n) is 7.39. The van der Waals surface area contributed by atoms with Gasteiger partial charge in [0.15, 0.2) is 0 Å². The summed E-state index contributed by atoms with van der Waals surface area (Å²) in [6, 6.07) is 13.4. The van der Waals surface area contributed by atoms with E-state index in [4.69, 9.17) is 16.4 Å². The van der Waals surface area contributed by atoms with Crippen LogP contribution in [0, 0.1) is 0 Å². The van der Waals surface area contributed by atoms with Crippen molar-refractivity contribution in [2.24, 2.45) is 5.16 Å². The Bertz CT molecular complexity index is 1390. The highest BCUT2D eigenvalue weighted by atomic mass is 35.5. The Labute approximate surface area is 197 Å². The summed E-state index contributed by atoms with van der Waals surface area (Å²) in [4.78, 5) is 22.2. The summed E-state index contributed by atoms with van der Waals surface area (Å²) in [5.41, 5.74) is 0.563. The van der Waals surface area contributed by atoms with Gasteiger partial charge in [0, 0.05) is 30.5 Å². The van der Waals surface area contributed by atoms with Gasteiger partial charge in [0.25, 0.3) is 5.65 Å². The minimum atomic E-state index is -4.50. The zero-order valence-electron chi connectivity index (χ0n) is 17.7. The van der Waals surface area contributed by atoms with Gasteiger partial charge in [-0.05, 0) is 29.8 Å². The molecule has 3 heterocycles. The lowest BCUT2D eigenvalue weighted by molar-refractivity contribution is -0.672. The molecule has 0 aliphatic rings. The van der Waals surface area contributed by atoms with Crippen LogP contribution < -0.4 is 10.1 Å². The van der Waals surface area contributed by atoms with Crippen LogP contribution >= 0.6 is 11.6 Å². The number of oxime groups is 1. The maximum absolute atomic E-state index is 13.2. The molecule has 34 heavy (non-hydrogen) atoms. The van der Waals surface area contributed by atoms with Gasteiger partial charge in [-0.3, -0.25) is 0 Å². The van der Waals surface area contributed by atoms with Gasteiger partial charge < -0.3 is 4.84 Å². The average Bonchev–Trinajstić information content (AvgIpc) is 2.83. The molecule has 0 amide bonds. The molecule has 10 heteroatoms. The van der Waals surface area contributed by atoms with Crippen LogP contribution in [0.5, 0.6) is 0 Å². The number of hydrogen-bond acceptors (Lipinski definition) is 4. The Hall–Kier alpha value is -3.72. The first-order valence-corrected chi connectivity index (χ1v) is 10.7. The van der Waals surface area contributed by atoms with E-state index in [0.717, 1.165) is 17.7 Å². The summed E-state index contributed by atoms with van der Waals surface area (Å²) in [6.07, 6.45) is 2.30. The van der Waals surface area contributed by atoms with Gasteiger partial charge in [0.2, 0.25) is 0 Å². The Morgan fingerprint density at radius 3 is 2.76 bits per heavy atom. The van der Waals surface area contributed by atoms with Crippen molar-refractivity contribution in [2.75, 3.05) is 0 Å². The standard InChI is InChI=1S/C24H19ClF3N4O2/c25-21-9-8-17(14-29-21)16-34-30-10-4-11-31-15-20(23(33)32-12-2-1-7-22(31)32)18-5-3-6-19(13-18)24(26,27)28/h1-3,5-10,12-15H,4,11,16H2/q+1. The molecular formula is C24H19ClF3N4O2+. The van der Waals surface area contributed by atoms with Crippen LogP contribution in [-0.2, 0) is 24.2 Å². The van der Waals surface area contributed by atoms with E-state index in [0.29, 0.717) is 23.8 Å². The molecule has 0 saturated heterocycles. The molecule has 4 aromatic rings.